The molecule has 0 N–H and O–H groups in total. The standard InChI is InChI=1S/C60H41N3S/c1-2-13-41(14-3-1)62-53-23-7-4-15-45(53)48-19-10-18-44(58(48)62)39-29-34-43(35-30-39)61(42-32-27-38(28-33-42)40-31-36-57-52(37-40)47-17-6-9-26-56(47)64-57)55-25-12-22-51-50-21-11-20-49-46-16-5-8-24-54(46)63(59(49)50)60(51)55/h1-8,10-25,27,29-38H,9,26,28H2. The van der Waals surface area contributed by atoms with Crippen molar-refractivity contribution < 1.29 is 0 Å². The molecule has 1 unspecified atom stereocenters. The Hall–Kier alpha value is -7.66. The highest BCUT2D eigenvalue weighted by Gasteiger charge is 2.26. The number of thiophene rings is 1. The number of allylic oxidation sites excluding steroid dienone is 4. The number of benzene rings is 8. The SMILES string of the molecule is C1=Cc2c(sc3ccc(C4C=CC(N(c5ccc(-c6cccc7c8ccccc8n(-c8ccccc8)c67)cc5)c5cccc6c7cccc8c9ccccc9n(c56)c87)=CC4)cc23)CC1. The molecule has 2 aliphatic carbocycles. The highest BCUT2D eigenvalue weighted by Crippen LogP contribution is 2.47. The van der Waals surface area contributed by atoms with E-state index in [0.29, 0.717) is 5.92 Å². The Morgan fingerprint density at radius 1 is 0.547 bits per heavy atom. The lowest BCUT2D eigenvalue weighted by Gasteiger charge is -2.30. The lowest BCUT2D eigenvalue weighted by Crippen LogP contribution is -2.18. The molecule has 2 aliphatic rings. The van der Waals surface area contributed by atoms with Crippen molar-refractivity contribution in [2.24, 2.45) is 0 Å². The first kappa shape index (κ1) is 35.9. The second-order valence-electron chi connectivity index (χ2n) is 17.5. The van der Waals surface area contributed by atoms with Crippen molar-refractivity contribution in [1.82, 2.24) is 8.97 Å². The highest BCUT2D eigenvalue weighted by atomic mass is 32.1. The zero-order valence-electron chi connectivity index (χ0n) is 35.1. The molecule has 0 radical (unpaired) electrons. The molecule has 0 saturated carbocycles. The molecule has 0 fully saturated rings. The lowest BCUT2D eigenvalue weighted by molar-refractivity contribution is 0.841. The summed E-state index contributed by atoms with van der Waals surface area (Å²) in [5.74, 6) is 0.302. The van der Waals surface area contributed by atoms with Gasteiger partial charge >= 0.3 is 0 Å². The molecule has 4 heteroatoms. The van der Waals surface area contributed by atoms with Crippen molar-refractivity contribution >= 4 is 98.8 Å². The number of anilines is 2. The van der Waals surface area contributed by atoms with E-state index in [1.165, 1.54) is 109 Å². The first-order valence-corrected chi connectivity index (χ1v) is 23.3. The van der Waals surface area contributed by atoms with Crippen LogP contribution in [0.3, 0.4) is 0 Å². The van der Waals surface area contributed by atoms with Gasteiger partial charge in [-0.25, -0.2) is 0 Å². The summed E-state index contributed by atoms with van der Waals surface area (Å²) >= 11 is 1.97. The Kier molecular flexibility index (Phi) is 7.81. The van der Waals surface area contributed by atoms with Crippen LogP contribution in [0.2, 0.25) is 0 Å². The van der Waals surface area contributed by atoms with Gasteiger partial charge in [-0.1, -0.05) is 146 Å². The van der Waals surface area contributed by atoms with Gasteiger partial charge in [0.05, 0.1) is 33.3 Å². The number of hydrogen-bond donors (Lipinski definition) is 0. The minimum atomic E-state index is 0.302. The maximum absolute atomic E-state index is 2.52. The van der Waals surface area contributed by atoms with Crippen LogP contribution < -0.4 is 4.90 Å². The summed E-state index contributed by atoms with van der Waals surface area (Å²) in [6.45, 7) is 0. The van der Waals surface area contributed by atoms with Crippen LogP contribution in [0.25, 0.3) is 92.9 Å². The van der Waals surface area contributed by atoms with Crippen molar-refractivity contribution in [2.75, 3.05) is 4.90 Å². The summed E-state index contributed by atoms with van der Waals surface area (Å²) < 4.78 is 6.35. The maximum atomic E-state index is 2.52. The summed E-state index contributed by atoms with van der Waals surface area (Å²) in [5, 5.41) is 9.07. The molecule has 1 atom stereocenters. The number of rotatable bonds is 6. The molecule has 0 aliphatic heterocycles. The third kappa shape index (κ3) is 5.21. The van der Waals surface area contributed by atoms with E-state index in [1.807, 2.05) is 11.3 Å². The van der Waals surface area contributed by atoms with Gasteiger partial charge in [0.1, 0.15) is 0 Å². The van der Waals surface area contributed by atoms with Crippen molar-refractivity contribution in [1.29, 1.82) is 0 Å². The van der Waals surface area contributed by atoms with Crippen LogP contribution in [-0.2, 0) is 6.42 Å². The van der Waals surface area contributed by atoms with Gasteiger partial charge in [0.25, 0.3) is 0 Å². The number of fused-ring (bicyclic) bond motifs is 12. The van der Waals surface area contributed by atoms with Gasteiger partial charge in [-0.05, 0) is 96.6 Å². The van der Waals surface area contributed by atoms with Crippen LogP contribution in [0.4, 0.5) is 11.4 Å². The quantitative estimate of drug-likeness (QED) is 0.163. The van der Waals surface area contributed by atoms with E-state index in [0.717, 1.165) is 30.6 Å². The van der Waals surface area contributed by atoms with Crippen molar-refractivity contribution in [3.05, 3.63) is 222 Å². The van der Waals surface area contributed by atoms with Gasteiger partial charge < -0.3 is 13.9 Å². The van der Waals surface area contributed by atoms with Crippen molar-refractivity contribution in [2.45, 2.75) is 25.2 Å². The molecule has 0 spiro atoms. The smallest absolute Gasteiger partial charge is 0.0782 e. The Balaban J connectivity index is 0.938. The minimum Gasteiger partial charge on any atom is -0.309 e. The van der Waals surface area contributed by atoms with Gasteiger partial charge in [-0.3, -0.25) is 0 Å². The zero-order chi connectivity index (χ0) is 41.9. The van der Waals surface area contributed by atoms with E-state index in [1.54, 1.807) is 0 Å². The Morgan fingerprint density at radius 2 is 1.23 bits per heavy atom. The molecule has 64 heavy (non-hydrogen) atoms. The minimum absolute atomic E-state index is 0.302. The van der Waals surface area contributed by atoms with Crippen molar-refractivity contribution in [3.63, 3.8) is 0 Å². The van der Waals surface area contributed by atoms with Gasteiger partial charge in [-0.15, -0.1) is 11.3 Å². The number of aromatic nitrogens is 2. The Labute approximate surface area is 374 Å². The molecule has 0 bridgehead atoms. The second-order valence-corrected chi connectivity index (χ2v) is 18.6. The molecule has 8 aromatic carbocycles. The molecule has 0 saturated heterocycles. The topological polar surface area (TPSA) is 12.6 Å². The Morgan fingerprint density at radius 3 is 2.05 bits per heavy atom. The molecule has 3 nitrogen and oxygen atoms in total. The summed E-state index contributed by atoms with van der Waals surface area (Å²) in [5.41, 5.74) is 16.1. The number of aryl methyl sites for hydroxylation is 1. The predicted octanol–water partition coefficient (Wildman–Crippen LogP) is 16.5. The first-order chi connectivity index (χ1) is 31.8. The first-order valence-electron chi connectivity index (χ1n) is 22.5. The van der Waals surface area contributed by atoms with Crippen LogP contribution in [0, 0.1) is 0 Å². The lowest BCUT2D eigenvalue weighted by atomic mass is 9.89. The number of hydrogen-bond acceptors (Lipinski definition) is 2. The number of nitrogens with zero attached hydrogens (tertiary/aromatic N) is 3. The largest absolute Gasteiger partial charge is 0.309 e. The van der Waals surface area contributed by atoms with E-state index in [9.17, 15) is 0 Å². The van der Waals surface area contributed by atoms with Gasteiger partial charge in [0, 0.05) is 75.8 Å². The summed E-state index contributed by atoms with van der Waals surface area (Å²) in [6.07, 6.45) is 15.2. The molecule has 0 amide bonds. The third-order valence-electron chi connectivity index (χ3n) is 14.0. The van der Waals surface area contributed by atoms with Crippen LogP contribution in [0.5, 0.6) is 0 Å². The maximum Gasteiger partial charge on any atom is 0.0782 e. The van der Waals surface area contributed by atoms with E-state index < -0.39 is 0 Å². The summed E-state index contributed by atoms with van der Waals surface area (Å²) in [7, 11) is 0. The summed E-state index contributed by atoms with van der Waals surface area (Å²) in [4.78, 5) is 4.03. The normalized spacial score (nSPS) is 15.1. The molecule has 302 valence electrons. The average molecular weight is 836 g/mol. The fourth-order valence-corrected chi connectivity index (χ4v) is 12.4. The van der Waals surface area contributed by atoms with Crippen molar-refractivity contribution in [3.8, 4) is 16.8 Å². The van der Waals surface area contributed by atoms with Crippen LogP contribution in [0.1, 0.15) is 34.8 Å². The molecule has 14 rings (SSSR count). The van der Waals surface area contributed by atoms with Crippen LogP contribution >= 0.6 is 11.3 Å². The fraction of sp³-hybridized carbons (Fsp3) is 0.0667. The molecule has 12 aromatic rings. The van der Waals surface area contributed by atoms with E-state index in [-0.39, 0.29) is 0 Å². The third-order valence-corrected chi connectivity index (χ3v) is 15.3. The predicted molar refractivity (Wildman–Crippen MR) is 273 cm³/mol. The Bertz CT molecular complexity index is 3930. The van der Waals surface area contributed by atoms with Crippen LogP contribution in [-0.4, -0.2) is 8.97 Å². The number of para-hydroxylation sites is 6. The van der Waals surface area contributed by atoms with Crippen LogP contribution in [0.15, 0.2) is 206 Å². The second kappa shape index (κ2) is 13.9. The molecular weight excluding hydrogens is 795 g/mol. The monoisotopic (exact) mass is 835 g/mol. The van der Waals surface area contributed by atoms with E-state index >= 15 is 0 Å². The molecule has 4 heterocycles. The molecular formula is C60H41N3S. The molecule has 4 aromatic heterocycles. The average Bonchev–Trinajstić information content (AvgIpc) is 4.11. The van der Waals surface area contributed by atoms with E-state index in [2.05, 4.69) is 220 Å². The van der Waals surface area contributed by atoms with E-state index in [4.69, 9.17) is 0 Å². The van der Waals surface area contributed by atoms with Gasteiger partial charge in [0.15, 0.2) is 0 Å². The zero-order valence-corrected chi connectivity index (χ0v) is 35.9. The fourth-order valence-electron chi connectivity index (χ4n) is 11.2. The van der Waals surface area contributed by atoms with Gasteiger partial charge in [0.2, 0.25) is 0 Å². The summed E-state index contributed by atoms with van der Waals surface area (Å²) in [6, 6.07) is 65.4. The van der Waals surface area contributed by atoms with Gasteiger partial charge in [-0.2, -0.15) is 0 Å². The highest BCUT2D eigenvalue weighted by molar-refractivity contribution is 7.19.